The Morgan fingerprint density at radius 1 is 0.280 bits per heavy atom. The largest absolute Gasteiger partial charge is 0.462 e. The smallest absolute Gasteiger partial charge is 0.306 e. The zero-order valence-electron chi connectivity index (χ0n) is 49.3. The molecule has 0 fully saturated rings. The van der Waals surface area contributed by atoms with Gasteiger partial charge >= 0.3 is 17.9 Å². The Balaban J connectivity index is 4.32. The van der Waals surface area contributed by atoms with Crippen LogP contribution in [0.4, 0.5) is 0 Å². The van der Waals surface area contributed by atoms with Crippen molar-refractivity contribution in [2.75, 3.05) is 13.2 Å². The van der Waals surface area contributed by atoms with E-state index in [9.17, 15) is 14.4 Å². The van der Waals surface area contributed by atoms with E-state index >= 15 is 0 Å². The van der Waals surface area contributed by atoms with E-state index in [1.54, 1.807) is 0 Å². The number of ether oxygens (including phenoxy) is 3. The molecule has 0 aromatic heterocycles. The van der Waals surface area contributed by atoms with Crippen molar-refractivity contribution < 1.29 is 28.6 Å². The molecule has 0 saturated heterocycles. The van der Waals surface area contributed by atoms with Crippen molar-refractivity contribution in [2.45, 2.75) is 309 Å². The summed E-state index contributed by atoms with van der Waals surface area (Å²) in [6.45, 7) is 6.46. The lowest BCUT2D eigenvalue weighted by Crippen LogP contribution is -2.30. The predicted octanol–water partition coefficient (Wildman–Crippen LogP) is 21.7. The molecular weight excluding hydrogens is 925 g/mol. The first-order valence-electron chi connectivity index (χ1n) is 31.7. The molecule has 0 rings (SSSR count). The summed E-state index contributed by atoms with van der Waals surface area (Å²) in [6, 6.07) is 0. The van der Waals surface area contributed by atoms with Gasteiger partial charge in [0.05, 0.1) is 0 Å². The molecular formula is C69H118O6. The molecule has 0 heterocycles. The molecule has 0 aliphatic carbocycles. The van der Waals surface area contributed by atoms with Gasteiger partial charge in [-0.15, -0.1) is 0 Å². The maximum atomic E-state index is 12.9. The van der Waals surface area contributed by atoms with Gasteiger partial charge in [-0.2, -0.15) is 0 Å². The van der Waals surface area contributed by atoms with Crippen LogP contribution in [0.1, 0.15) is 303 Å². The SMILES string of the molecule is CC/C=C\C/C=C\C/C=C\C/C=C\C/C=C\C/C=C\C/C=C\CCCCCC(=O)OCC(COC(=O)CCCCCCC/C=C\CCC)OC(=O)CCCCCCCCCCCCCCCCCCCCCCCC. The van der Waals surface area contributed by atoms with Crippen LogP contribution in [-0.4, -0.2) is 37.2 Å². The highest BCUT2D eigenvalue weighted by Gasteiger charge is 2.19. The minimum Gasteiger partial charge on any atom is -0.462 e. The molecule has 430 valence electrons. The highest BCUT2D eigenvalue weighted by Crippen LogP contribution is 2.17. The highest BCUT2D eigenvalue weighted by atomic mass is 16.6. The summed E-state index contributed by atoms with van der Waals surface area (Å²) in [6.07, 6.45) is 84.2. The van der Waals surface area contributed by atoms with E-state index in [1.807, 2.05) is 0 Å². The minimum absolute atomic E-state index is 0.0911. The first kappa shape index (κ1) is 71.3. The van der Waals surface area contributed by atoms with E-state index in [-0.39, 0.29) is 31.1 Å². The van der Waals surface area contributed by atoms with Gasteiger partial charge in [0.1, 0.15) is 13.2 Å². The molecule has 1 unspecified atom stereocenters. The third-order valence-corrected chi connectivity index (χ3v) is 13.6. The van der Waals surface area contributed by atoms with Gasteiger partial charge < -0.3 is 14.2 Å². The quantitative estimate of drug-likeness (QED) is 0.0261. The van der Waals surface area contributed by atoms with Crippen LogP contribution >= 0.6 is 0 Å². The second-order valence-electron chi connectivity index (χ2n) is 20.9. The Hall–Kier alpha value is -3.67. The number of allylic oxidation sites excluding steroid dienone is 16. The van der Waals surface area contributed by atoms with Gasteiger partial charge in [-0.3, -0.25) is 14.4 Å². The standard InChI is InChI=1S/C69H118O6/c1-4-7-10-13-16-19-22-24-26-28-30-32-34-35-36-38-39-41-43-45-47-50-53-56-59-62-68(71)74-65-66(64-73-67(70)61-58-55-52-49-21-18-15-12-9-6-3)75-69(72)63-60-57-54-51-48-46-44-42-40-37-33-31-29-27-25-23-20-17-14-11-8-5-2/h7,10,12,15-16,19,24,26,30,32,35-36,39,41,45,47,66H,4-6,8-9,11,13-14,17-18,20-23,25,27-29,31,33-34,37-38,40,42-44,46,48-65H2,1-3H3/b10-7-,15-12-,19-16-,26-24-,32-30-,36-35-,41-39-,47-45-. The van der Waals surface area contributed by atoms with Crippen molar-refractivity contribution in [1.82, 2.24) is 0 Å². The topological polar surface area (TPSA) is 78.9 Å². The predicted molar refractivity (Wildman–Crippen MR) is 325 cm³/mol. The summed E-state index contributed by atoms with van der Waals surface area (Å²) in [5, 5.41) is 0. The molecule has 0 saturated carbocycles. The monoisotopic (exact) mass is 1040 g/mol. The lowest BCUT2D eigenvalue weighted by atomic mass is 10.0. The molecule has 6 heteroatoms. The van der Waals surface area contributed by atoms with Crippen molar-refractivity contribution in [3.8, 4) is 0 Å². The van der Waals surface area contributed by atoms with Gasteiger partial charge in [0, 0.05) is 19.3 Å². The molecule has 0 aromatic rings. The van der Waals surface area contributed by atoms with Gasteiger partial charge in [-0.25, -0.2) is 0 Å². The highest BCUT2D eigenvalue weighted by molar-refractivity contribution is 5.71. The fraction of sp³-hybridized carbons (Fsp3) is 0.725. The number of carbonyl (C=O) groups excluding carboxylic acids is 3. The van der Waals surface area contributed by atoms with E-state index in [2.05, 4.69) is 118 Å². The Kier molecular flexibility index (Phi) is 59.8. The summed E-state index contributed by atoms with van der Waals surface area (Å²) < 4.78 is 16.9. The first-order valence-corrected chi connectivity index (χ1v) is 31.7. The van der Waals surface area contributed by atoms with Crippen LogP contribution in [-0.2, 0) is 28.6 Å². The minimum atomic E-state index is -0.794. The number of carbonyl (C=O) groups is 3. The molecule has 75 heavy (non-hydrogen) atoms. The van der Waals surface area contributed by atoms with Gasteiger partial charge in [-0.05, 0) is 96.3 Å². The first-order chi connectivity index (χ1) is 37.0. The molecule has 0 aliphatic rings. The fourth-order valence-electron chi connectivity index (χ4n) is 8.84. The van der Waals surface area contributed by atoms with E-state index in [0.717, 1.165) is 128 Å². The maximum absolute atomic E-state index is 12.9. The van der Waals surface area contributed by atoms with Crippen LogP contribution in [0.25, 0.3) is 0 Å². The van der Waals surface area contributed by atoms with Crippen molar-refractivity contribution in [3.63, 3.8) is 0 Å². The third-order valence-electron chi connectivity index (χ3n) is 13.6. The normalized spacial score (nSPS) is 12.7. The second-order valence-corrected chi connectivity index (χ2v) is 20.9. The van der Waals surface area contributed by atoms with Crippen molar-refractivity contribution in [3.05, 3.63) is 97.2 Å². The lowest BCUT2D eigenvalue weighted by molar-refractivity contribution is -0.167. The van der Waals surface area contributed by atoms with E-state index < -0.39 is 6.10 Å². The average molecular weight is 1040 g/mol. The van der Waals surface area contributed by atoms with Crippen LogP contribution in [0.15, 0.2) is 97.2 Å². The Morgan fingerprint density at radius 2 is 0.547 bits per heavy atom. The molecule has 0 bridgehead atoms. The Morgan fingerprint density at radius 3 is 0.893 bits per heavy atom. The fourth-order valence-corrected chi connectivity index (χ4v) is 8.84. The number of hydrogen-bond acceptors (Lipinski definition) is 6. The summed E-state index contributed by atoms with van der Waals surface area (Å²) >= 11 is 0. The molecule has 6 nitrogen and oxygen atoms in total. The molecule has 0 aromatic carbocycles. The molecule has 0 radical (unpaired) electrons. The van der Waals surface area contributed by atoms with Crippen LogP contribution < -0.4 is 0 Å². The van der Waals surface area contributed by atoms with Crippen molar-refractivity contribution in [2.24, 2.45) is 0 Å². The Labute approximate surface area is 464 Å². The second kappa shape index (κ2) is 62.9. The van der Waals surface area contributed by atoms with Gasteiger partial charge in [-0.1, -0.05) is 285 Å². The summed E-state index contributed by atoms with van der Waals surface area (Å²) in [5.74, 6) is -0.925. The molecule has 0 spiro atoms. The van der Waals surface area contributed by atoms with Crippen molar-refractivity contribution in [1.29, 1.82) is 0 Å². The zero-order chi connectivity index (χ0) is 54.3. The Bertz CT molecular complexity index is 1480. The number of rotatable bonds is 57. The lowest BCUT2D eigenvalue weighted by Gasteiger charge is -2.18. The average Bonchev–Trinajstić information content (AvgIpc) is 3.41. The molecule has 0 amide bonds. The number of hydrogen-bond donors (Lipinski definition) is 0. The van der Waals surface area contributed by atoms with Gasteiger partial charge in [0.25, 0.3) is 0 Å². The number of esters is 3. The maximum Gasteiger partial charge on any atom is 0.306 e. The summed E-state index contributed by atoms with van der Waals surface area (Å²) in [7, 11) is 0. The van der Waals surface area contributed by atoms with Crippen LogP contribution in [0.3, 0.4) is 0 Å². The van der Waals surface area contributed by atoms with Crippen molar-refractivity contribution >= 4 is 17.9 Å². The third kappa shape index (κ3) is 61.1. The summed E-state index contributed by atoms with van der Waals surface area (Å²) in [5.41, 5.74) is 0. The molecule has 0 N–H and O–H groups in total. The van der Waals surface area contributed by atoms with Crippen LogP contribution in [0.2, 0.25) is 0 Å². The zero-order valence-corrected chi connectivity index (χ0v) is 49.3. The van der Waals surface area contributed by atoms with E-state index in [4.69, 9.17) is 14.2 Å². The van der Waals surface area contributed by atoms with Gasteiger partial charge in [0.15, 0.2) is 6.10 Å². The number of unbranched alkanes of at least 4 members (excludes halogenated alkanes) is 30. The van der Waals surface area contributed by atoms with Gasteiger partial charge in [0.2, 0.25) is 0 Å². The van der Waals surface area contributed by atoms with Crippen LogP contribution in [0.5, 0.6) is 0 Å². The molecule has 0 aliphatic heterocycles. The van der Waals surface area contributed by atoms with E-state index in [0.29, 0.717) is 19.3 Å². The molecule has 1 atom stereocenters. The van der Waals surface area contributed by atoms with E-state index in [1.165, 1.54) is 135 Å². The summed E-state index contributed by atoms with van der Waals surface area (Å²) in [4.78, 5) is 38.2. The van der Waals surface area contributed by atoms with Crippen LogP contribution in [0, 0.1) is 0 Å².